The molecule has 5 nitrogen and oxygen atoms in total. The molecular formula is C18H18N2O3. The number of carbonyl (C=O) groups is 2. The number of benzene rings is 1. The van der Waals surface area contributed by atoms with Gasteiger partial charge in [-0.05, 0) is 50.2 Å². The van der Waals surface area contributed by atoms with E-state index >= 15 is 0 Å². The van der Waals surface area contributed by atoms with Gasteiger partial charge in [-0.1, -0.05) is 5.92 Å². The van der Waals surface area contributed by atoms with Gasteiger partial charge in [0.25, 0.3) is 5.91 Å². The fraction of sp³-hybridized carbons (Fsp3) is 0.222. The highest BCUT2D eigenvalue weighted by Crippen LogP contribution is 2.17. The number of terminal acetylenes is 1. The predicted octanol–water partition coefficient (Wildman–Crippen LogP) is 2.00. The van der Waals surface area contributed by atoms with Crippen molar-refractivity contribution < 1.29 is 14.3 Å². The lowest BCUT2D eigenvalue weighted by molar-refractivity contribution is -0.123. The molecule has 1 N–H and O–H groups in total. The number of hydrogen-bond acceptors (Lipinski definition) is 3. The summed E-state index contributed by atoms with van der Waals surface area (Å²) < 4.78 is 7.02. The van der Waals surface area contributed by atoms with E-state index in [0.29, 0.717) is 5.56 Å². The Morgan fingerprint density at radius 1 is 1.13 bits per heavy atom. The van der Waals surface area contributed by atoms with Gasteiger partial charge in [0.15, 0.2) is 6.61 Å². The first kappa shape index (κ1) is 16.4. The molecule has 1 aromatic carbocycles. The number of carbonyl (C=O) groups excluding carboxylic acids is 2. The van der Waals surface area contributed by atoms with E-state index in [1.807, 2.05) is 38.1 Å². The zero-order valence-corrected chi connectivity index (χ0v) is 13.1. The maximum absolute atomic E-state index is 11.9. The maximum Gasteiger partial charge on any atom is 0.338 e. The topological polar surface area (TPSA) is 60.3 Å². The lowest BCUT2D eigenvalue weighted by Gasteiger charge is -2.10. The van der Waals surface area contributed by atoms with Crippen LogP contribution in [0.2, 0.25) is 0 Å². The largest absolute Gasteiger partial charge is 0.452 e. The van der Waals surface area contributed by atoms with Crippen molar-refractivity contribution in [3.63, 3.8) is 0 Å². The molecule has 2 rings (SSSR count). The van der Waals surface area contributed by atoms with Crippen molar-refractivity contribution in [1.29, 1.82) is 0 Å². The molecule has 2 aromatic rings. The van der Waals surface area contributed by atoms with Crippen LogP contribution in [0.4, 0.5) is 0 Å². The Morgan fingerprint density at radius 2 is 1.74 bits per heavy atom. The summed E-state index contributed by atoms with van der Waals surface area (Å²) in [7, 11) is 0. The van der Waals surface area contributed by atoms with Crippen LogP contribution in [-0.4, -0.2) is 29.6 Å². The molecule has 0 aliphatic rings. The summed E-state index contributed by atoms with van der Waals surface area (Å²) in [4.78, 5) is 23.2. The minimum Gasteiger partial charge on any atom is -0.452 e. The van der Waals surface area contributed by atoms with Crippen molar-refractivity contribution in [2.75, 3.05) is 13.2 Å². The summed E-state index contributed by atoms with van der Waals surface area (Å²) in [6.07, 6.45) is 5.02. The highest BCUT2D eigenvalue weighted by atomic mass is 16.5. The molecule has 118 valence electrons. The molecule has 0 radical (unpaired) electrons. The molecule has 1 aromatic heterocycles. The summed E-state index contributed by atoms with van der Waals surface area (Å²) in [5.74, 6) is 1.30. The lowest BCUT2D eigenvalue weighted by Crippen LogP contribution is -2.28. The van der Waals surface area contributed by atoms with Crippen LogP contribution in [0.25, 0.3) is 5.69 Å². The van der Waals surface area contributed by atoms with Crippen LogP contribution < -0.4 is 5.32 Å². The van der Waals surface area contributed by atoms with Crippen molar-refractivity contribution >= 4 is 11.9 Å². The minimum absolute atomic E-state index is 0.112. The zero-order valence-electron chi connectivity index (χ0n) is 13.1. The molecule has 0 fully saturated rings. The van der Waals surface area contributed by atoms with E-state index in [1.165, 1.54) is 0 Å². The van der Waals surface area contributed by atoms with Gasteiger partial charge in [0, 0.05) is 17.1 Å². The average molecular weight is 310 g/mol. The summed E-state index contributed by atoms with van der Waals surface area (Å²) in [5, 5.41) is 2.42. The quantitative estimate of drug-likeness (QED) is 0.679. The molecule has 0 aliphatic heterocycles. The normalized spacial score (nSPS) is 9.96. The number of esters is 1. The number of amides is 1. The van der Waals surface area contributed by atoms with Crippen LogP contribution in [0.15, 0.2) is 36.4 Å². The van der Waals surface area contributed by atoms with Crippen molar-refractivity contribution in [1.82, 2.24) is 9.88 Å². The third-order valence-corrected chi connectivity index (χ3v) is 3.35. The molecule has 1 heterocycles. The SMILES string of the molecule is C#CCNC(=O)COC(=O)c1ccc(-n2c(C)ccc2C)cc1. The zero-order chi connectivity index (χ0) is 16.8. The van der Waals surface area contributed by atoms with Gasteiger partial charge in [-0.15, -0.1) is 6.42 Å². The molecule has 0 saturated carbocycles. The van der Waals surface area contributed by atoms with Crippen molar-refractivity contribution in [2.45, 2.75) is 13.8 Å². The molecule has 0 saturated heterocycles. The van der Waals surface area contributed by atoms with Crippen LogP contribution >= 0.6 is 0 Å². The van der Waals surface area contributed by atoms with E-state index in [9.17, 15) is 9.59 Å². The van der Waals surface area contributed by atoms with E-state index in [4.69, 9.17) is 11.2 Å². The molecule has 5 heteroatoms. The molecule has 0 bridgehead atoms. The van der Waals surface area contributed by atoms with E-state index < -0.39 is 11.9 Å². The molecule has 0 aliphatic carbocycles. The van der Waals surface area contributed by atoms with E-state index in [-0.39, 0.29) is 13.2 Å². The van der Waals surface area contributed by atoms with E-state index in [2.05, 4.69) is 15.8 Å². The first-order valence-corrected chi connectivity index (χ1v) is 7.15. The first-order valence-electron chi connectivity index (χ1n) is 7.15. The Kier molecular flexibility index (Phi) is 5.21. The van der Waals surface area contributed by atoms with Crippen molar-refractivity contribution in [3.05, 3.63) is 53.3 Å². The van der Waals surface area contributed by atoms with Gasteiger partial charge in [-0.25, -0.2) is 4.79 Å². The van der Waals surface area contributed by atoms with Gasteiger partial charge in [0.1, 0.15) is 0 Å². The third-order valence-electron chi connectivity index (χ3n) is 3.35. The predicted molar refractivity (Wildman–Crippen MR) is 87.4 cm³/mol. The van der Waals surface area contributed by atoms with Gasteiger partial charge in [0.2, 0.25) is 0 Å². The van der Waals surface area contributed by atoms with Crippen LogP contribution in [0, 0.1) is 26.2 Å². The number of hydrogen-bond donors (Lipinski definition) is 1. The standard InChI is InChI=1S/C18H18N2O3/c1-4-11-19-17(21)12-23-18(22)15-7-9-16(10-8-15)20-13(2)5-6-14(20)3/h1,5-10H,11-12H2,2-3H3,(H,19,21). The van der Waals surface area contributed by atoms with Gasteiger partial charge in [-0.3, -0.25) is 4.79 Å². The second-order valence-corrected chi connectivity index (χ2v) is 5.06. The van der Waals surface area contributed by atoms with Crippen LogP contribution in [-0.2, 0) is 9.53 Å². The van der Waals surface area contributed by atoms with Crippen LogP contribution in [0.5, 0.6) is 0 Å². The number of aryl methyl sites for hydroxylation is 2. The molecule has 23 heavy (non-hydrogen) atoms. The monoisotopic (exact) mass is 310 g/mol. The summed E-state index contributed by atoms with van der Waals surface area (Å²) in [5.41, 5.74) is 3.58. The van der Waals surface area contributed by atoms with E-state index in [0.717, 1.165) is 17.1 Å². The second-order valence-electron chi connectivity index (χ2n) is 5.06. The molecule has 0 atom stereocenters. The Bertz CT molecular complexity index is 732. The summed E-state index contributed by atoms with van der Waals surface area (Å²) in [6, 6.07) is 11.1. The first-order chi connectivity index (χ1) is 11.0. The Labute approximate surface area is 135 Å². The Morgan fingerprint density at radius 3 is 2.30 bits per heavy atom. The van der Waals surface area contributed by atoms with Crippen molar-refractivity contribution in [2.24, 2.45) is 0 Å². The fourth-order valence-corrected chi connectivity index (χ4v) is 2.24. The highest BCUT2D eigenvalue weighted by molar-refractivity contribution is 5.91. The highest BCUT2D eigenvalue weighted by Gasteiger charge is 2.11. The average Bonchev–Trinajstić information content (AvgIpc) is 2.89. The van der Waals surface area contributed by atoms with Gasteiger partial charge < -0.3 is 14.6 Å². The lowest BCUT2D eigenvalue weighted by atomic mass is 10.2. The third kappa shape index (κ3) is 4.01. The fourth-order valence-electron chi connectivity index (χ4n) is 2.24. The second kappa shape index (κ2) is 7.32. The Hall–Kier alpha value is -3.00. The van der Waals surface area contributed by atoms with Gasteiger partial charge >= 0.3 is 5.97 Å². The number of nitrogens with zero attached hydrogens (tertiary/aromatic N) is 1. The number of aromatic nitrogens is 1. The van der Waals surface area contributed by atoms with Gasteiger partial charge in [0.05, 0.1) is 12.1 Å². The minimum atomic E-state index is -0.548. The maximum atomic E-state index is 11.9. The number of rotatable bonds is 5. The van der Waals surface area contributed by atoms with E-state index in [1.54, 1.807) is 12.1 Å². The summed E-state index contributed by atoms with van der Waals surface area (Å²) >= 11 is 0. The smallest absolute Gasteiger partial charge is 0.338 e. The molecular weight excluding hydrogens is 292 g/mol. The molecule has 0 unspecified atom stereocenters. The summed E-state index contributed by atoms with van der Waals surface area (Å²) in [6.45, 7) is 3.80. The Balaban J connectivity index is 2.01. The number of ether oxygens (including phenoxy) is 1. The van der Waals surface area contributed by atoms with Crippen molar-refractivity contribution in [3.8, 4) is 18.0 Å². The van der Waals surface area contributed by atoms with Crippen LogP contribution in [0.1, 0.15) is 21.7 Å². The molecule has 0 spiro atoms. The number of nitrogens with one attached hydrogen (secondary N) is 1. The van der Waals surface area contributed by atoms with Gasteiger partial charge in [-0.2, -0.15) is 0 Å². The molecule has 1 amide bonds. The van der Waals surface area contributed by atoms with Crippen LogP contribution in [0.3, 0.4) is 0 Å².